The SMILES string of the molecule is CC1=C(C(=O)O)N=C2C=c3ccccc3=C21. The lowest BCUT2D eigenvalue weighted by molar-refractivity contribution is -0.132. The van der Waals surface area contributed by atoms with Crippen molar-refractivity contribution < 1.29 is 9.90 Å². The van der Waals surface area contributed by atoms with Gasteiger partial charge >= 0.3 is 5.97 Å². The number of allylic oxidation sites excluding steroid dienone is 1. The summed E-state index contributed by atoms with van der Waals surface area (Å²) in [5.74, 6) is -0.960. The third-order valence-corrected chi connectivity index (χ3v) is 2.94. The van der Waals surface area contributed by atoms with Gasteiger partial charge in [-0.15, -0.1) is 0 Å². The zero-order valence-corrected chi connectivity index (χ0v) is 8.69. The molecule has 1 aromatic rings. The summed E-state index contributed by atoms with van der Waals surface area (Å²) in [7, 11) is 0. The molecule has 0 saturated heterocycles. The number of nitrogens with zero attached hydrogens (tertiary/aromatic N) is 1. The van der Waals surface area contributed by atoms with Crippen LogP contribution in [0.15, 0.2) is 40.5 Å². The molecule has 16 heavy (non-hydrogen) atoms. The van der Waals surface area contributed by atoms with Gasteiger partial charge in [-0.2, -0.15) is 0 Å². The van der Waals surface area contributed by atoms with Gasteiger partial charge in [-0.1, -0.05) is 24.3 Å². The summed E-state index contributed by atoms with van der Waals surface area (Å²) in [6, 6.07) is 7.93. The number of rotatable bonds is 1. The molecule has 0 spiro atoms. The molecule has 1 N–H and O–H groups in total. The number of hydrogen-bond donors (Lipinski definition) is 1. The van der Waals surface area contributed by atoms with Crippen molar-refractivity contribution in [2.45, 2.75) is 6.92 Å². The van der Waals surface area contributed by atoms with Crippen molar-refractivity contribution in [3.05, 3.63) is 46.0 Å². The Kier molecular flexibility index (Phi) is 1.66. The van der Waals surface area contributed by atoms with E-state index in [0.717, 1.165) is 27.3 Å². The van der Waals surface area contributed by atoms with E-state index in [1.807, 2.05) is 37.3 Å². The van der Waals surface area contributed by atoms with Crippen molar-refractivity contribution in [2.24, 2.45) is 4.99 Å². The molecule has 0 bridgehead atoms. The van der Waals surface area contributed by atoms with Gasteiger partial charge in [0.15, 0.2) is 5.70 Å². The second-order valence-corrected chi connectivity index (χ2v) is 3.88. The predicted molar refractivity (Wildman–Crippen MR) is 61.3 cm³/mol. The minimum atomic E-state index is -0.960. The topological polar surface area (TPSA) is 49.7 Å². The summed E-state index contributed by atoms with van der Waals surface area (Å²) in [5.41, 5.74) is 2.66. The average molecular weight is 211 g/mol. The van der Waals surface area contributed by atoms with E-state index < -0.39 is 5.97 Å². The number of benzene rings is 1. The smallest absolute Gasteiger partial charge is 0.354 e. The molecular formula is C13H9NO2. The van der Waals surface area contributed by atoms with Gasteiger partial charge in [-0.25, -0.2) is 9.79 Å². The first kappa shape index (κ1) is 9.09. The Hall–Kier alpha value is -2.16. The van der Waals surface area contributed by atoms with Gasteiger partial charge in [0.05, 0.1) is 5.71 Å². The summed E-state index contributed by atoms with van der Waals surface area (Å²) >= 11 is 0. The van der Waals surface area contributed by atoms with Gasteiger partial charge in [-0.3, -0.25) is 0 Å². The fourth-order valence-electron chi connectivity index (χ4n) is 2.22. The quantitative estimate of drug-likeness (QED) is 0.733. The molecular weight excluding hydrogens is 202 g/mol. The maximum Gasteiger partial charge on any atom is 0.354 e. The van der Waals surface area contributed by atoms with Crippen LogP contribution < -0.4 is 10.4 Å². The summed E-state index contributed by atoms with van der Waals surface area (Å²) in [6.45, 7) is 1.81. The van der Waals surface area contributed by atoms with Crippen LogP contribution in [-0.4, -0.2) is 16.8 Å². The minimum absolute atomic E-state index is 0.163. The third kappa shape index (κ3) is 1.03. The van der Waals surface area contributed by atoms with Crippen molar-refractivity contribution in [3.63, 3.8) is 0 Å². The van der Waals surface area contributed by atoms with Crippen LogP contribution in [0.3, 0.4) is 0 Å². The molecule has 0 amide bonds. The van der Waals surface area contributed by atoms with E-state index in [1.165, 1.54) is 0 Å². The Labute approximate surface area is 91.8 Å². The van der Waals surface area contributed by atoms with E-state index >= 15 is 0 Å². The molecule has 1 aromatic carbocycles. The Bertz CT molecular complexity index is 693. The van der Waals surface area contributed by atoms with E-state index in [9.17, 15) is 4.79 Å². The van der Waals surface area contributed by atoms with E-state index in [2.05, 4.69) is 4.99 Å². The molecule has 0 fully saturated rings. The standard InChI is InChI=1S/C13H9NO2/c1-7-11-9-5-3-2-4-8(9)6-10(11)14-12(7)13(15)16/h2-6H,1H3,(H,15,16). The first-order valence-electron chi connectivity index (χ1n) is 5.03. The molecule has 3 heteroatoms. The Morgan fingerprint density at radius 3 is 2.81 bits per heavy atom. The van der Waals surface area contributed by atoms with Crippen molar-refractivity contribution in [2.75, 3.05) is 0 Å². The fourth-order valence-corrected chi connectivity index (χ4v) is 2.22. The van der Waals surface area contributed by atoms with Crippen molar-refractivity contribution >= 4 is 23.3 Å². The molecule has 0 saturated carbocycles. The summed E-state index contributed by atoms with van der Waals surface area (Å²) in [4.78, 5) is 15.1. The largest absolute Gasteiger partial charge is 0.477 e. The van der Waals surface area contributed by atoms with Crippen LogP contribution in [-0.2, 0) is 4.79 Å². The van der Waals surface area contributed by atoms with Gasteiger partial charge in [-0.05, 0) is 29.0 Å². The summed E-state index contributed by atoms with van der Waals surface area (Å²) in [5, 5.41) is 11.2. The highest BCUT2D eigenvalue weighted by Gasteiger charge is 2.26. The highest BCUT2D eigenvalue weighted by atomic mass is 16.4. The Morgan fingerprint density at radius 2 is 2.06 bits per heavy atom. The summed E-state index contributed by atoms with van der Waals surface area (Å²) < 4.78 is 0. The maximum absolute atomic E-state index is 11.0. The normalized spacial score (nSPS) is 16.8. The Balaban J connectivity index is 2.40. The van der Waals surface area contributed by atoms with Crippen LogP contribution in [0.1, 0.15) is 6.92 Å². The number of carbonyl (C=O) groups is 1. The molecule has 3 rings (SSSR count). The second-order valence-electron chi connectivity index (χ2n) is 3.88. The molecule has 1 aliphatic heterocycles. The minimum Gasteiger partial charge on any atom is -0.477 e. The molecule has 2 aliphatic rings. The lowest BCUT2D eigenvalue weighted by Crippen LogP contribution is -2.22. The van der Waals surface area contributed by atoms with Gasteiger partial charge < -0.3 is 5.11 Å². The van der Waals surface area contributed by atoms with Crippen LogP contribution in [0.4, 0.5) is 0 Å². The highest BCUT2D eigenvalue weighted by Crippen LogP contribution is 2.27. The summed E-state index contributed by atoms with van der Waals surface area (Å²) in [6.07, 6.45) is 1.93. The molecule has 0 aromatic heterocycles. The molecule has 0 atom stereocenters. The number of carboxylic acid groups (broad SMARTS) is 1. The molecule has 3 nitrogen and oxygen atoms in total. The molecule has 78 valence electrons. The lowest BCUT2D eigenvalue weighted by atomic mass is 10.0. The van der Waals surface area contributed by atoms with Crippen LogP contribution in [0.2, 0.25) is 0 Å². The molecule has 0 radical (unpaired) electrons. The third-order valence-electron chi connectivity index (χ3n) is 2.94. The van der Waals surface area contributed by atoms with E-state index in [1.54, 1.807) is 0 Å². The van der Waals surface area contributed by atoms with Crippen molar-refractivity contribution in [1.29, 1.82) is 0 Å². The first-order valence-corrected chi connectivity index (χ1v) is 5.03. The number of carboxylic acids is 1. The van der Waals surface area contributed by atoms with E-state index in [-0.39, 0.29) is 5.70 Å². The van der Waals surface area contributed by atoms with Crippen LogP contribution in [0.5, 0.6) is 0 Å². The maximum atomic E-state index is 11.0. The highest BCUT2D eigenvalue weighted by molar-refractivity contribution is 6.42. The van der Waals surface area contributed by atoms with E-state index in [4.69, 9.17) is 5.11 Å². The number of fused-ring (bicyclic) bond motifs is 2. The molecule has 1 aliphatic carbocycles. The van der Waals surface area contributed by atoms with Crippen LogP contribution in [0, 0.1) is 0 Å². The van der Waals surface area contributed by atoms with Gasteiger partial charge in [0.25, 0.3) is 0 Å². The predicted octanol–water partition coefficient (Wildman–Crippen LogP) is 0.445. The average Bonchev–Trinajstić information content (AvgIpc) is 2.75. The van der Waals surface area contributed by atoms with Gasteiger partial charge in [0.2, 0.25) is 0 Å². The zero-order chi connectivity index (χ0) is 11.3. The fraction of sp³-hybridized carbons (Fsp3) is 0.0769. The molecule has 1 heterocycles. The van der Waals surface area contributed by atoms with Crippen LogP contribution in [0.25, 0.3) is 11.6 Å². The Morgan fingerprint density at radius 1 is 1.31 bits per heavy atom. The molecule has 0 unspecified atom stereocenters. The zero-order valence-electron chi connectivity index (χ0n) is 8.69. The monoisotopic (exact) mass is 211 g/mol. The number of hydrogen-bond acceptors (Lipinski definition) is 2. The number of aliphatic carboxylic acids is 1. The van der Waals surface area contributed by atoms with Gasteiger partial charge in [0.1, 0.15) is 0 Å². The lowest BCUT2D eigenvalue weighted by Gasteiger charge is -1.96. The van der Waals surface area contributed by atoms with Crippen molar-refractivity contribution in [1.82, 2.24) is 0 Å². The van der Waals surface area contributed by atoms with Gasteiger partial charge in [0, 0.05) is 5.57 Å². The first-order chi connectivity index (χ1) is 7.68. The van der Waals surface area contributed by atoms with Crippen LogP contribution >= 0.6 is 0 Å². The van der Waals surface area contributed by atoms with E-state index in [0.29, 0.717) is 0 Å². The number of aliphatic imine (C=N–C) groups is 1. The van der Waals surface area contributed by atoms with Crippen molar-refractivity contribution in [3.8, 4) is 0 Å². The second kappa shape index (κ2) is 2.92.